The first kappa shape index (κ1) is 13.9. The average molecular weight is 313 g/mol. The van der Waals surface area contributed by atoms with Crippen molar-refractivity contribution in [1.82, 2.24) is 10.1 Å². The van der Waals surface area contributed by atoms with Crippen LogP contribution in [0.15, 0.2) is 45.1 Å². The molecule has 0 saturated heterocycles. The fourth-order valence-electron chi connectivity index (χ4n) is 1.83. The van der Waals surface area contributed by atoms with Crippen molar-refractivity contribution in [3.8, 4) is 16.8 Å². The predicted molar refractivity (Wildman–Crippen MR) is 83.1 cm³/mol. The van der Waals surface area contributed by atoms with Gasteiger partial charge < -0.3 is 4.52 Å². The molecule has 0 bridgehead atoms. The van der Waals surface area contributed by atoms with E-state index in [1.165, 1.54) is 21.8 Å². The highest BCUT2D eigenvalue weighted by Crippen LogP contribution is 2.29. The zero-order chi connectivity index (χ0) is 14.7. The van der Waals surface area contributed by atoms with Gasteiger partial charge in [-0.2, -0.15) is 10.2 Å². The van der Waals surface area contributed by atoms with Crippen LogP contribution in [0.5, 0.6) is 0 Å². The van der Waals surface area contributed by atoms with Crippen molar-refractivity contribution < 1.29 is 4.52 Å². The van der Waals surface area contributed by atoms with Crippen LogP contribution in [0.3, 0.4) is 0 Å². The van der Waals surface area contributed by atoms with E-state index < -0.39 is 0 Å². The van der Waals surface area contributed by atoms with Crippen molar-refractivity contribution in [3.05, 3.63) is 52.7 Å². The number of benzene rings is 1. The van der Waals surface area contributed by atoms with Gasteiger partial charge in [0, 0.05) is 4.90 Å². The SMILES string of the molecule is Cc1ccccc1SCc1noc(-c2sccc2C#N)n1. The first-order valence-corrected chi connectivity index (χ1v) is 8.13. The fourth-order valence-corrected chi connectivity index (χ4v) is 3.47. The van der Waals surface area contributed by atoms with E-state index in [0.717, 1.165) is 4.88 Å². The molecule has 6 heteroatoms. The van der Waals surface area contributed by atoms with E-state index >= 15 is 0 Å². The average Bonchev–Trinajstić information content (AvgIpc) is 3.14. The molecular formula is C15H11N3OS2. The van der Waals surface area contributed by atoms with Crippen molar-refractivity contribution in [2.24, 2.45) is 0 Å². The Balaban J connectivity index is 1.74. The van der Waals surface area contributed by atoms with E-state index in [1.807, 2.05) is 17.5 Å². The van der Waals surface area contributed by atoms with Crippen LogP contribution in [0, 0.1) is 18.3 Å². The Bertz CT molecular complexity index is 801. The molecule has 3 rings (SSSR count). The van der Waals surface area contributed by atoms with Crippen molar-refractivity contribution >= 4 is 23.1 Å². The lowest BCUT2D eigenvalue weighted by atomic mass is 10.2. The van der Waals surface area contributed by atoms with Crippen LogP contribution in [0.1, 0.15) is 17.0 Å². The third kappa shape index (κ3) is 2.99. The highest BCUT2D eigenvalue weighted by molar-refractivity contribution is 7.98. The molecule has 0 amide bonds. The summed E-state index contributed by atoms with van der Waals surface area (Å²) in [5.41, 5.74) is 1.80. The van der Waals surface area contributed by atoms with Gasteiger partial charge in [-0.3, -0.25) is 0 Å². The van der Waals surface area contributed by atoms with E-state index in [-0.39, 0.29) is 0 Å². The van der Waals surface area contributed by atoms with Crippen LogP contribution in [0.2, 0.25) is 0 Å². The summed E-state index contributed by atoms with van der Waals surface area (Å²) in [5.74, 6) is 1.69. The van der Waals surface area contributed by atoms with Crippen LogP contribution in [-0.2, 0) is 5.75 Å². The number of hydrogen-bond donors (Lipinski definition) is 0. The molecular weight excluding hydrogens is 302 g/mol. The third-order valence-electron chi connectivity index (χ3n) is 2.90. The molecule has 21 heavy (non-hydrogen) atoms. The Labute approximate surface area is 130 Å². The Morgan fingerprint density at radius 2 is 2.19 bits per heavy atom. The minimum atomic E-state index is 0.418. The van der Waals surface area contributed by atoms with Crippen LogP contribution < -0.4 is 0 Å². The normalized spacial score (nSPS) is 10.5. The molecule has 0 saturated carbocycles. The van der Waals surface area contributed by atoms with Gasteiger partial charge in [0.1, 0.15) is 10.9 Å². The lowest BCUT2D eigenvalue weighted by Gasteiger charge is -2.01. The molecule has 0 atom stereocenters. The van der Waals surface area contributed by atoms with Gasteiger partial charge in [0.2, 0.25) is 0 Å². The van der Waals surface area contributed by atoms with Crippen LogP contribution in [0.4, 0.5) is 0 Å². The lowest BCUT2D eigenvalue weighted by molar-refractivity contribution is 0.426. The van der Waals surface area contributed by atoms with Gasteiger partial charge in [-0.1, -0.05) is 23.4 Å². The second-order valence-corrected chi connectivity index (χ2v) is 6.28. The minimum absolute atomic E-state index is 0.418. The van der Waals surface area contributed by atoms with E-state index in [0.29, 0.717) is 23.0 Å². The van der Waals surface area contributed by atoms with Gasteiger partial charge in [-0.05, 0) is 30.0 Å². The number of nitrogens with zero attached hydrogens (tertiary/aromatic N) is 3. The maximum absolute atomic E-state index is 9.02. The van der Waals surface area contributed by atoms with Gasteiger partial charge in [0.05, 0.1) is 11.3 Å². The van der Waals surface area contributed by atoms with E-state index in [1.54, 1.807) is 17.8 Å². The highest BCUT2D eigenvalue weighted by Gasteiger charge is 2.14. The first-order chi connectivity index (χ1) is 10.3. The summed E-state index contributed by atoms with van der Waals surface area (Å²) in [5, 5.41) is 14.9. The molecule has 0 aliphatic carbocycles. The molecule has 0 fully saturated rings. The van der Waals surface area contributed by atoms with E-state index in [9.17, 15) is 0 Å². The van der Waals surface area contributed by atoms with Crippen molar-refractivity contribution in [1.29, 1.82) is 5.26 Å². The smallest absolute Gasteiger partial charge is 0.269 e. The number of thiophene rings is 1. The molecule has 0 aliphatic rings. The second kappa shape index (κ2) is 6.12. The summed E-state index contributed by atoms with van der Waals surface area (Å²) in [6.45, 7) is 2.08. The molecule has 4 nitrogen and oxygen atoms in total. The van der Waals surface area contributed by atoms with Gasteiger partial charge in [-0.25, -0.2) is 0 Å². The molecule has 1 aromatic carbocycles. The van der Waals surface area contributed by atoms with E-state index in [4.69, 9.17) is 9.78 Å². The quantitative estimate of drug-likeness (QED) is 0.673. The topological polar surface area (TPSA) is 62.7 Å². The number of rotatable bonds is 4. The highest BCUT2D eigenvalue weighted by atomic mass is 32.2. The minimum Gasteiger partial charge on any atom is -0.333 e. The Hall–Kier alpha value is -2.10. The van der Waals surface area contributed by atoms with Crippen LogP contribution in [-0.4, -0.2) is 10.1 Å². The molecule has 2 aromatic heterocycles. The van der Waals surface area contributed by atoms with Gasteiger partial charge in [0.25, 0.3) is 5.89 Å². The number of hydrogen-bond acceptors (Lipinski definition) is 6. The van der Waals surface area contributed by atoms with Gasteiger partial charge >= 0.3 is 0 Å². The Morgan fingerprint density at radius 1 is 1.33 bits per heavy atom. The zero-order valence-electron chi connectivity index (χ0n) is 11.2. The lowest BCUT2D eigenvalue weighted by Crippen LogP contribution is -1.85. The first-order valence-electron chi connectivity index (χ1n) is 6.27. The Morgan fingerprint density at radius 3 is 3.00 bits per heavy atom. The number of nitriles is 1. The number of thioether (sulfide) groups is 1. The standard InChI is InChI=1S/C15H11N3OS2/c1-10-4-2-3-5-12(10)21-9-13-17-15(19-18-13)14-11(8-16)6-7-20-14/h2-7H,9H2,1H3. The van der Waals surface area contributed by atoms with Crippen LogP contribution in [0.25, 0.3) is 10.8 Å². The molecule has 104 valence electrons. The molecule has 2 heterocycles. The number of aromatic nitrogens is 2. The monoisotopic (exact) mass is 313 g/mol. The van der Waals surface area contributed by atoms with Crippen molar-refractivity contribution in [2.45, 2.75) is 17.6 Å². The zero-order valence-corrected chi connectivity index (χ0v) is 12.9. The molecule has 0 N–H and O–H groups in total. The van der Waals surface area contributed by atoms with Gasteiger partial charge in [0.15, 0.2) is 5.82 Å². The second-order valence-electron chi connectivity index (χ2n) is 4.35. The molecule has 0 aliphatic heterocycles. The molecule has 3 aromatic rings. The summed E-state index contributed by atoms with van der Waals surface area (Å²) in [7, 11) is 0. The maximum Gasteiger partial charge on any atom is 0.269 e. The van der Waals surface area contributed by atoms with Gasteiger partial charge in [-0.15, -0.1) is 23.1 Å². The van der Waals surface area contributed by atoms with Crippen molar-refractivity contribution in [3.63, 3.8) is 0 Å². The molecule has 0 spiro atoms. The fraction of sp³-hybridized carbons (Fsp3) is 0.133. The summed E-state index contributed by atoms with van der Waals surface area (Å²) in [4.78, 5) is 6.31. The molecule has 0 radical (unpaired) electrons. The molecule has 0 unspecified atom stereocenters. The Kier molecular flexibility index (Phi) is 4.04. The largest absolute Gasteiger partial charge is 0.333 e. The summed E-state index contributed by atoms with van der Waals surface area (Å²) >= 11 is 3.11. The summed E-state index contributed by atoms with van der Waals surface area (Å²) in [6.07, 6.45) is 0. The predicted octanol–water partition coefficient (Wildman–Crippen LogP) is 4.27. The summed E-state index contributed by atoms with van der Waals surface area (Å²) < 4.78 is 5.26. The van der Waals surface area contributed by atoms with Crippen molar-refractivity contribution in [2.75, 3.05) is 0 Å². The maximum atomic E-state index is 9.02. The van der Waals surface area contributed by atoms with E-state index in [2.05, 4.69) is 35.3 Å². The third-order valence-corrected chi connectivity index (χ3v) is 4.97. The summed E-state index contributed by atoms with van der Waals surface area (Å²) in [6, 6.07) is 12.1. The number of aryl methyl sites for hydroxylation is 1. The van der Waals surface area contributed by atoms with Crippen LogP contribution >= 0.6 is 23.1 Å².